The quantitative estimate of drug-likeness (QED) is 0.719. The van der Waals surface area contributed by atoms with Gasteiger partial charge in [-0.05, 0) is 24.0 Å². The molecular formula is C16H26N2O2. The maximum Gasteiger partial charge on any atom is 0.221 e. The normalized spacial score (nSPS) is 10.7. The van der Waals surface area contributed by atoms with Crippen molar-refractivity contribution in [3.8, 4) is 0 Å². The number of amides is 1. The number of ether oxygens (including phenoxy) is 1. The molecule has 0 radical (unpaired) electrons. The molecule has 0 bridgehead atoms. The maximum atomic E-state index is 11.6. The Morgan fingerprint density at radius 1 is 1.30 bits per heavy atom. The fourth-order valence-corrected chi connectivity index (χ4v) is 2.09. The number of carbonyl (C=O) groups is 1. The van der Waals surface area contributed by atoms with Crippen molar-refractivity contribution in [3.05, 3.63) is 29.3 Å². The van der Waals surface area contributed by atoms with Crippen LogP contribution >= 0.6 is 0 Å². The van der Waals surface area contributed by atoms with Gasteiger partial charge in [0.25, 0.3) is 0 Å². The summed E-state index contributed by atoms with van der Waals surface area (Å²) in [4.78, 5) is 11.6. The van der Waals surface area contributed by atoms with Crippen LogP contribution in [0.25, 0.3) is 0 Å². The van der Waals surface area contributed by atoms with Gasteiger partial charge in [0, 0.05) is 32.3 Å². The van der Waals surface area contributed by atoms with Gasteiger partial charge in [0.15, 0.2) is 0 Å². The fourth-order valence-electron chi connectivity index (χ4n) is 2.09. The summed E-state index contributed by atoms with van der Waals surface area (Å²) in [5.74, 6) is 0.516. The average Bonchev–Trinajstić information content (AvgIpc) is 2.40. The Bertz CT molecular complexity index is 430. The molecule has 0 aliphatic rings. The van der Waals surface area contributed by atoms with Gasteiger partial charge >= 0.3 is 0 Å². The summed E-state index contributed by atoms with van der Waals surface area (Å²) in [6.07, 6.45) is 0.468. The molecule has 1 aromatic rings. The minimum atomic E-state index is 0.0502. The average molecular weight is 278 g/mol. The van der Waals surface area contributed by atoms with E-state index in [4.69, 9.17) is 4.74 Å². The lowest BCUT2D eigenvalue weighted by atomic mass is 9.98. The van der Waals surface area contributed by atoms with Crippen LogP contribution < -0.4 is 10.6 Å². The first-order chi connectivity index (χ1) is 9.56. The summed E-state index contributed by atoms with van der Waals surface area (Å²) in [6, 6.07) is 6.30. The van der Waals surface area contributed by atoms with Crippen LogP contribution in [0.2, 0.25) is 0 Å². The number of nitrogens with one attached hydrogen (secondary N) is 2. The Balaban J connectivity index is 2.48. The van der Waals surface area contributed by atoms with Crippen LogP contribution in [0.3, 0.4) is 0 Å². The molecule has 20 heavy (non-hydrogen) atoms. The van der Waals surface area contributed by atoms with Crippen LogP contribution in [0.15, 0.2) is 18.2 Å². The number of anilines is 1. The smallest absolute Gasteiger partial charge is 0.221 e. The molecule has 1 aromatic carbocycles. The van der Waals surface area contributed by atoms with E-state index in [-0.39, 0.29) is 5.91 Å². The fraction of sp³-hybridized carbons (Fsp3) is 0.562. The number of para-hydroxylation sites is 1. The van der Waals surface area contributed by atoms with Crippen LogP contribution in [0.1, 0.15) is 37.3 Å². The Morgan fingerprint density at radius 2 is 2.05 bits per heavy atom. The van der Waals surface area contributed by atoms with Crippen LogP contribution in [0.4, 0.5) is 5.69 Å². The van der Waals surface area contributed by atoms with E-state index >= 15 is 0 Å². The summed E-state index contributed by atoms with van der Waals surface area (Å²) in [5, 5.41) is 6.21. The summed E-state index contributed by atoms with van der Waals surface area (Å²) in [7, 11) is 1.62. The molecule has 0 aliphatic heterocycles. The third kappa shape index (κ3) is 5.21. The van der Waals surface area contributed by atoms with Crippen molar-refractivity contribution in [2.24, 2.45) is 0 Å². The summed E-state index contributed by atoms with van der Waals surface area (Å²) in [6.45, 7) is 8.20. The Hall–Kier alpha value is -1.55. The zero-order valence-corrected chi connectivity index (χ0v) is 13.0. The lowest BCUT2D eigenvalue weighted by Crippen LogP contribution is -2.28. The molecule has 0 heterocycles. The van der Waals surface area contributed by atoms with Gasteiger partial charge < -0.3 is 15.4 Å². The first kappa shape index (κ1) is 16.5. The molecule has 0 spiro atoms. The lowest BCUT2D eigenvalue weighted by molar-refractivity contribution is -0.121. The first-order valence-electron chi connectivity index (χ1n) is 7.15. The Morgan fingerprint density at radius 3 is 2.70 bits per heavy atom. The number of rotatable bonds is 8. The number of aryl methyl sites for hydroxylation is 1. The molecule has 4 nitrogen and oxygen atoms in total. The van der Waals surface area contributed by atoms with Crippen LogP contribution in [-0.2, 0) is 9.53 Å². The van der Waals surface area contributed by atoms with E-state index in [0.29, 0.717) is 32.0 Å². The van der Waals surface area contributed by atoms with Crippen molar-refractivity contribution in [2.75, 3.05) is 32.1 Å². The number of carbonyl (C=O) groups excluding carboxylic acids is 1. The van der Waals surface area contributed by atoms with E-state index in [9.17, 15) is 4.79 Å². The molecule has 0 atom stereocenters. The molecule has 0 aromatic heterocycles. The molecular weight excluding hydrogens is 252 g/mol. The third-order valence-electron chi connectivity index (χ3n) is 3.21. The van der Waals surface area contributed by atoms with Crippen LogP contribution in [0, 0.1) is 6.92 Å². The molecule has 0 fully saturated rings. The van der Waals surface area contributed by atoms with Gasteiger partial charge in [-0.2, -0.15) is 0 Å². The van der Waals surface area contributed by atoms with E-state index in [2.05, 4.69) is 49.6 Å². The Kier molecular flexibility index (Phi) is 7.09. The van der Waals surface area contributed by atoms with Gasteiger partial charge in [-0.1, -0.05) is 32.0 Å². The number of hydrogen-bond acceptors (Lipinski definition) is 3. The predicted molar refractivity (Wildman–Crippen MR) is 83.3 cm³/mol. The highest BCUT2D eigenvalue weighted by molar-refractivity contribution is 5.76. The third-order valence-corrected chi connectivity index (χ3v) is 3.21. The number of methoxy groups -OCH3 is 1. The highest BCUT2D eigenvalue weighted by Gasteiger charge is 2.09. The molecule has 112 valence electrons. The zero-order valence-electron chi connectivity index (χ0n) is 13.0. The van der Waals surface area contributed by atoms with E-state index in [0.717, 1.165) is 5.69 Å². The van der Waals surface area contributed by atoms with Gasteiger partial charge in [0.2, 0.25) is 5.91 Å². The van der Waals surface area contributed by atoms with Crippen molar-refractivity contribution in [1.82, 2.24) is 5.32 Å². The predicted octanol–water partition coefficient (Wildman–Crippen LogP) is 2.68. The largest absolute Gasteiger partial charge is 0.384 e. The summed E-state index contributed by atoms with van der Waals surface area (Å²) in [5.41, 5.74) is 3.67. The van der Waals surface area contributed by atoms with E-state index in [1.54, 1.807) is 7.11 Å². The van der Waals surface area contributed by atoms with Gasteiger partial charge in [-0.25, -0.2) is 0 Å². The first-order valence-corrected chi connectivity index (χ1v) is 7.15. The van der Waals surface area contributed by atoms with Gasteiger partial charge in [0.1, 0.15) is 0 Å². The highest BCUT2D eigenvalue weighted by atomic mass is 16.5. The molecule has 0 aliphatic carbocycles. The van der Waals surface area contributed by atoms with E-state index in [1.807, 2.05) is 0 Å². The molecule has 0 saturated carbocycles. The molecule has 4 heteroatoms. The van der Waals surface area contributed by atoms with Crippen molar-refractivity contribution in [2.45, 2.75) is 33.1 Å². The van der Waals surface area contributed by atoms with Crippen molar-refractivity contribution >= 4 is 11.6 Å². The second-order valence-electron chi connectivity index (χ2n) is 5.21. The van der Waals surface area contributed by atoms with E-state index in [1.165, 1.54) is 11.1 Å². The summed E-state index contributed by atoms with van der Waals surface area (Å²) < 4.78 is 4.89. The van der Waals surface area contributed by atoms with E-state index < -0.39 is 0 Å². The minimum absolute atomic E-state index is 0.0502. The molecule has 0 saturated heterocycles. The molecule has 2 N–H and O–H groups in total. The van der Waals surface area contributed by atoms with Crippen molar-refractivity contribution < 1.29 is 9.53 Å². The monoisotopic (exact) mass is 278 g/mol. The molecule has 1 amide bonds. The summed E-state index contributed by atoms with van der Waals surface area (Å²) >= 11 is 0. The Labute approximate surface area is 121 Å². The minimum Gasteiger partial charge on any atom is -0.384 e. The lowest BCUT2D eigenvalue weighted by Gasteiger charge is -2.17. The van der Waals surface area contributed by atoms with Crippen LogP contribution in [-0.4, -0.2) is 32.7 Å². The van der Waals surface area contributed by atoms with Crippen molar-refractivity contribution in [1.29, 1.82) is 0 Å². The van der Waals surface area contributed by atoms with Crippen LogP contribution in [0.5, 0.6) is 0 Å². The number of benzene rings is 1. The number of hydrogen-bond donors (Lipinski definition) is 2. The van der Waals surface area contributed by atoms with Crippen molar-refractivity contribution in [3.63, 3.8) is 0 Å². The maximum absolute atomic E-state index is 11.6. The topological polar surface area (TPSA) is 50.4 Å². The second-order valence-corrected chi connectivity index (χ2v) is 5.21. The SMILES string of the molecule is COCCNC(=O)CCNc1c(C)cccc1C(C)C. The van der Waals surface area contributed by atoms with Gasteiger partial charge in [0.05, 0.1) is 6.61 Å². The standard InChI is InChI=1S/C16H26N2O2/c1-12(2)14-7-5-6-13(3)16(14)18-9-8-15(19)17-10-11-20-4/h5-7,12,18H,8-11H2,1-4H3,(H,17,19). The molecule has 1 rings (SSSR count). The van der Waals surface area contributed by atoms with Gasteiger partial charge in [-0.3, -0.25) is 4.79 Å². The second kappa shape index (κ2) is 8.59. The van der Waals surface area contributed by atoms with Gasteiger partial charge in [-0.15, -0.1) is 0 Å². The zero-order chi connectivity index (χ0) is 15.0. The highest BCUT2D eigenvalue weighted by Crippen LogP contribution is 2.27. The molecule has 0 unspecified atom stereocenters.